The van der Waals surface area contributed by atoms with Crippen LogP contribution in [0.25, 0.3) is 0 Å². The van der Waals surface area contributed by atoms with E-state index in [0.717, 1.165) is 11.3 Å². The maximum atomic E-state index is 13.2. The predicted octanol–water partition coefficient (Wildman–Crippen LogP) is 3.07. The third-order valence-corrected chi connectivity index (χ3v) is 2.46. The van der Waals surface area contributed by atoms with Crippen molar-refractivity contribution in [3.63, 3.8) is 0 Å². The third-order valence-electron chi connectivity index (χ3n) is 2.46. The van der Waals surface area contributed by atoms with E-state index in [9.17, 15) is 9.18 Å². The van der Waals surface area contributed by atoms with Gasteiger partial charge in [0.05, 0.1) is 0 Å². The maximum Gasteiger partial charge on any atom is 0.193 e. The lowest BCUT2D eigenvalue weighted by Gasteiger charge is -2.03. The number of carbonyl (C=O) groups excluding carboxylic acids is 1. The molecule has 0 unspecified atom stereocenters. The Bertz CT molecular complexity index is 558. The van der Waals surface area contributed by atoms with Crippen LogP contribution in [0.3, 0.4) is 0 Å². The van der Waals surface area contributed by atoms with Crippen molar-refractivity contribution in [3.05, 3.63) is 64.7 Å². The molecule has 0 aliphatic heterocycles. The van der Waals surface area contributed by atoms with E-state index in [4.69, 9.17) is 0 Å². The minimum absolute atomic E-state index is 0.182. The van der Waals surface area contributed by atoms with E-state index >= 15 is 0 Å². The number of aromatic nitrogens is 1. The largest absolute Gasteiger partial charge is 0.289 e. The summed E-state index contributed by atoms with van der Waals surface area (Å²) in [6.45, 7) is 3.57. The molecule has 2 rings (SSSR count). The molecule has 0 radical (unpaired) electrons. The van der Waals surface area contributed by atoms with Crippen LogP contribution in [-0.2, 0) is 0 Å². The first-order valence-electron chi connectivity index (χ1n) is 5.31. The van der Waals surface area contributed by atoms with Gasteiger partial charge in [0.15, 0.2) is 5.78 Å². The molecule has 0 atom stereocenters. The van der Waals surface area contributed by atoms with E-state index in [1.807, 2.05) is 6.92 Å². The van der Waals surface area contributed by atoms with Crippen LogP contribution in [0.4, 0.5) is 4.39 Å². The van der Waals surface area contributed by atoms with Crippen LogP contribution in [0.1, 0.15) is 27.2 Å². The molecule has 0 bridgehead atoms. The van der Waals surface area contributed by atoms with Gasteiger partial charge in [-0.2, -0.15) is 0 Å². The van der Waals surface area contributed by atoms with Crippen LogP contribution >= 0.6 is 0 Å². The molecule has 0 saturated heterocycles. The molecule has 1 aromatic heterocycles. The van der Waals surface area contributed by atoms with Crippen LogP contribution in [0, 0.1) is 19.7 Å². The normalized spacial score (nSPS) is 10.3. The number of hydrogen-bond acceptors (Lipinski definition) is 2. The minimum Gasteiger partial charge on any atom is -0.289 e. The van der Waals surface area contributed by atoms with Gasteiger partial charge in [-0.1, -0.05) is 0 Å². The van der Waals surface area contributed by atoms with E-state index in [2.05, 4.69) is 4.98 Å². The molecule has 2 nitrogen and oxygen atoms in total. The fourth-order valence-corrected chi connectivity index (χ4v) is 1.72. The molecular weight excluding hydrogens is 217 g/mol. The summed E-state index contributed by atoms with van der Waals surface area (Å²) in [5, 5.41) is 0. The van der Waals surface area contributed by atoms with Gasteiger partial charge in [-0.15, -0.1) is 0 Å². The number of rotatable bonds is 2. The summed E-state index contributed by atoms with van der Waals surface area (Å²) >= 11 is 0. The first kappa shape index (κ1) is 11.5. The summed E-state index contributed by atoms with van der Waals surface area (Å²) in [5.74, 6) is -0.572. The van der Waals surface area contributed by atoms with Crippen molar-refractivity contribution in [3.8, 4) is 0 Å². The van der Waals surface area contributed by atoms with E-state index in [0.29, 0.717) is 11.1 Å². The highest BCUT2D eigenvalue weighted by Gasteiger charge is 2.10. The van der Waals surface area contributed by atoms with Crippen molar-refractivity contribution in [1.82, 2.24) is 4.98 Å². The number of ketones is 1. The summed E-state index contributed by atoms with van der Waals surface area (Å²) in [5.41, 5.74) is 2.40. The van der Waals surface area contributed by atoms with Gasteiger partial charge in [-0.25, -0.2) is 4.39 Å². The van der Waals surface area contributed by atoms with E-state index in [1.54, 1.807) is 31.3 Å². The summed E-state index contributed by atoms with van der Waals surface area (Å²) < 4.78 is 13.2. The Hall–Kier alpha value is -2.03. The van der Waals surface area contributed by atoms with Crippen LogP contribution in [0.15, 0.2) is 36.5 Å². The molecule has 0 spiro atoms. The average molecular weight is 229 g/mol. The highest BCUT2D eigenvalue weighted by atomic mass is 19.1. The van der Waals surface area contributed by atoms with Gasteiger partial charge in [0.25, 0.3) is 0 Å². The van der Waals surface area contributed by atoms with Gasteiger partial charge in [0, 0.05) is 23.0 Å². The highest BCUT2D eigenvalue weighted by Crippen LogP contribution is 2.13. The number of nitrogens with zero attached hydrogens (tertiary/aromatic N) is 1. The molecule has 0 fully saturated rings. The highest BCUT2D eigenvalue weighted by molar-refractivity contribution is 6.09. The van der Waals surface area contributed by atoms with Crippen LogP contribution in [0.2, 0.25) is 0 Å². The number of pyridine rings is 1. The monoisotopic (exact) mass is 229 g/mol. The molecule has 3 heteroatoms. The average Bonchev–Trinajstić information content (AvgIpc) is 2.26. The van der Waals surface area contributed by atoms with Crippen molar-refractivity contribution in [2.45, 2.75) is 13.8 Å². The summed E-state index contributed by atoms with van der Waals surface area (Å²) in [6.07, 6.45) is 1.58. The van der Waals surface area contributed by atoms with Crippen molar-refractivity contribution in [2.75, 3.05) is 0 Å². The Kier molecular flexibility index (Phi) is 3.00. The lowest BCUT2D eigenvalue weighted by atomic mass is 10.0. The van der Waals surface area contributed by atoms with Gasteiger partial charge in [0.1, 0.15) is 5.82 Å². The molecule has 1 heterocycles. The van der Waals surface area contributed by atoms with E-state index < -0.39 is 0 Å². The van der Waals surface area contributed by atoms with Gasteiger partial charge in [0.2, 0.25) is 0 Å². The zero-order valence-corrected chi connectivity index (χ0v) is 9.70. The Labute approximate surface area is 99.1 Å². The molecule has 0 saturated carbocycles. The molecule has 0 amide bonds. The van der Waals surface area contributed by atoms with Crippen molar-refractivity contribution < 1.29 is 9.18 Å². The van der Waals surface area contributed by atoms with Crippen molar-refractivity contribution in [2.24, 2.45) is 0 Å². The van der Waals surface area contributed by atoms with E-state index in [1.165, 1.54) is 12.1 Å². The first-order valence-corrected chi connectivity index (χ1v) is 5.31. The minimum atomic E-state index is -0.390. The molecule has 1 aromatic carbocycles. The number of carbonyl (C=O) groups is 1. The second-order valence-corrected chi connectivity index (χ2v) is 4.03. The molecular formula is C14H12FNO. The number of benzene rings is 1. The molecule has 0 aliphatic rings. The second-order valence-electron chi connectivity index (χ2n) is 4.03. The Balaban J connectivity index is 2.43. The predicted molar refractivity (Wildman–Crippen MR) is 63.5 cm³/mol. The van der Waals surface area contributed by atoms with Gasteiger partial charge in [-0.3, -0.25) is 9.78 Å². The SMILES string of the molecule is Cc1cc(F)cc(C(=O)c2ccnc(C)c2)c1. The summed E-state index contributed by atoms with van der Waals surface area (Å²) in [6, 6.07) is 7.67. The van der Waals surface area contributed by atoms with Crippen molar-refractivity contribution in [1.29, 1.82) is 0 Å². The molecule has 17 heavy (non-hydrogen) atoms. The first-order chi connectivity index (χ1) is 8.06. The second kappa shape index (κ2) is 4.45. The topological polar surface area (TPSA) is 30.0 Å². The Morgan fingerprint density at radius 2 is 1.88 bits per heavy atom. The fourth-order valence-electron chi connectivity index (χ4n) is 1.72. The third kappa shape index (κ3) is 2.56. The number of aryl methyl sites for hydroxylation is 2. The lowest BCUT2D eigenvalue weighted by Crippen LogP contribution is -2.03. The molecule has 0 aliphatic carbocycles. The number of halogens is 1. The summed E-state index contributed by atoms with van der Waals surface area (Å²) in [7, 11) is 0. The Morgan fingerprint density at radius 3 is 2.53 bits per heavy atom. The molecule has 2 aromatic rings. The maximum absolute atomic E-state index is 13.2. The number of hydrogen-bond donors (Lipinski definition) is 0. The quantitative estimate of drug-likeness (QED) is 0.741. The van der Waals surface area contributed by atoms with Crippen LogP contribution in [0.5, 0.6) is 0 Å². The summed E-state index contributed by atoms with van der Waals surface area (Å²) in [4.78, 5) is 16.1. The zero-order chi connectivity index (χ0) is 12.4. The van der Waals surface area contributed by atoms with Crippen LogP contribution in [-0.4, -0.2) is 10.8 Å². The standard InChI is InChI=1S/C14H12FNO/c1-9-5-12(8-13(15)6-9)14(17)11-3-4-16-10(2)7-11/h3-8H,1-2H3. The fraction of sp³-hybridized carbons (Fsp3) is 0.143. The molecule has 0 N–H and O–H groups in total. The zero-order valence-electron chi connectivity index (χ0n) is 9.70. The van der Waals surface area contributed by atoms with Gasteiger partial charge in [-0.05, 0) is 49.7 Å². The van der Waals surface area contributed by atoms with E-state index in [-0.39, 0.29) is 11.6 Å². The van der Waals surface area contributed by atoms with Crippen LogP contribution < -0.4 is 0 Å². The van der Waals surface area contributed by atoms with Crippen molar-refractivity contribution >= 4 is 5.78 Å². The molecule has 86 valence electrons. The Morgan fingerprint density at radius 1 is 1.12 bits per heavy atom. The van der Waals surface area contributed by atoms with Gasteiger partial charge < -0.3 is 0 Å². The van der Waals surface area contributed by atoms with Gasteiger partial charge >= 0.3 is 0 Å². The lowest BCUT2D eigenvalue weighted by molar-refractivity contribution is 0.103. The smallest absolute Gasteiger partial charge is 0.193 e.